The lowest BCUT2D eigenvalue weighted by Crippen LogP contribution is -2.16. The van der Waals surface area contributed by atoms with E-state index in [0.29, 0.717) is 34.1 Å². The molecule has 0 saturated carbocycles. The molecule has 1 aromatic heterocycles. The fourth-order valence-electron chi connectivity index (χ4n) is 3.70. The third-order valence-corrected chi connectivity index (χ3v) is 5.54. The van der Waals surface area contributed by atoms with Crippen LogP contribution in [0.3, 0.4) is 0 Å². The van der Waals surface area contributed by atoms with Gasteiger partial charge >= 0.3 is 12.3 Å². The highest BCUT2D eigenvalue weighted by atomic mass is 19.4. The van der Waals surface area contributed by atoms with Crippen LogP contribution in [0, 0.1) is 6.92 Å². The Bertz CT molecular complexity index is 1430. The summed E-state index contributed by atoms with van der Waals surface area (Å²) in [6, 6.07) is 17.9. The van der Waals surface area contributed by atoms with Crippen molar-refractivity contribution in [2.45, 2.75) is 19.9 Å². The number of carbonyl (C=O) groups is 1. The van der Waals surface area contributed by atoms with Crippen LogP contribution < -0.4 is 19.1 Å². The number of aryl methyl sites for hydroxylation is 1. The van der Waals surface area contributed by atoms with Crippen molar-refractivity contribution in [2.24, 2.45) is 0 Å². The number of aliphatic carboxylic acids is 1. The summed E-state index contributed by atoms with van der Waals surface area (Å²) < 4.78 is 58.8. The summed E-state index contributed by atoms with van der Waals surface area (Å²) in [5, 5.41) is 8.80. The van der Waals surface area contributed by atoms with E-state index in [1.165, 1.54) is 24.3 Å². The first-order valence-corrected chi connectivity index (χ1v) is 11.7. The second kappa shape index (κ2) is 11.4. The molecule has 0 aliphatic carbocycles. The summed E-state index contributed by atoms with van der Waals surface area (Å²) in [5.41, 5.74) is 3.41. The SMILES string of the molecule is Cc1cc(OCc2nc(-c3ccc(N(C)C)cc3)c(-c3ccc(OC(F)(F)F)cc3)o2)ccc1OCC(=O)O. The number of hydrogen-bond donors (Lipinski definition) is 1. The van der Waals surface area contributed by atoms with Gasteiger partial charge in [0.15, 0.2) is 19.0 Å². The summed E-state index contributed by atoms with van der Waals surface area (Å²) in [4.78, 5) is 17.3. The highest BCUT2D eigenvalue weighted by molar-refractivity contribution is 5.78. The molecular weight excluding hydrogens is 517 g/mol. The van der Waals surface area contributed by atoms with Gasteiger partial charge < -0.3 is 28.6 Å². The molecule has 0 saturated heterocycles. The van der Waals surface area contributed by atoms with E-state index in [1.54, 1.807) is 25.1 Å². The number of anilines is 1. The van der Waals surface area contributed by atoms with Gasteiger partial charge in [-0.25, -0.2) is 9.78 Å². The number of alkyl halides is 3. The van der Waals surface area contributed by atoms with Crippen molar-refractivity contribution in [2.75, 3.05) is 25.6 Å². The Morgan fingerprint density at radius 2 is 1.59 bits per heavy atom. The molecule has 8 nitrogen and oxygen atoms in total. The van der Waals surface area contributed by atoms with Gasteiger partial charge in [-0.15, -0.1) is 13.2 Å². The van der Waals surface area contributed by atoms with E-state index in [4.69, 9.17) is 19.0 Å². The Balaban J connectivity index is 1.60. The van der Waals surface area contributed by atoms with Crippen LogP contribution in [0.2, 0.25) is 0 Å². The van der Waals surface area contributed by atoms with E-state index >= 15 is 0 Å². The molecule has 3 aromatic carbocycles. The molecule has 0 aliphatic heterocycles. The van der Waals surface area contributed by atoms with E-state index < -0.39 is 18.9 Å². The summed E-state index contributed by atoms with van der Waals surface area (Å²) >= 11 is 0. The minimum absolute atomic E-state index is 0.0349. The summed E-state index contributed by atoms with van der Waals surface area (Å²) in [6.45, 7) is 1.27. The monoisotopic (exact) mass is 542 g/mol. The lowest BCUT2D eigenvalue weighted by molar-refractivity contribution is -0.274. The molecule has 204 valence electrons. The third-order valence-electron chi connectivity index (χ3n) is 5.54. The fraction of sp³-hybridized carbons (Fsp3) is 0.214. The molecule has 0 fully saturated rings. The average molecular weight is 543 g/mol. The number of aromatic nitrogens is 1. The minimum Gasteiger partial charge on any atom is -0.484 e. The third kappa shape index (κ3) is 7.22. The second-order valence-electron chi connectivity index (χ2n) is 8.70. The van der Waals surface area contributed by atoms with Gasteiger partial charge in [-0.05, 0) is 67.1 Å². The molecule has 0 atom stereocenters. The van der Waals surface area contributed by atoms with E-state index in [-0.39, 0.29) is 18.2 Å². The van der Waals surface area contributed by atoms with E-state index in [0.717, 1.165) is 11.3 Å². The maximum Gasteiger partial charge on any atom is 0.573 e. The predicted molar refractivity (Wildman–Crippen MR) is 137 cm³/mol. The first kappa shape index (κ1) is 27.4. The lowest BCUT2D eigenvalue weighted by Gasteiger charge is -2.12. The Hall–Kier alpha value is -4.67. The van der Waals surface area contributed by atoms with Crippen molar-refractivity contribution in [3.05, 3.63) is 78.2 Å². The first-order valence-electron chi connectivity index (χ1n) is 11.7. The number of benzene rings is 3. The van der Waals surface area contributed by atoms with E-state index in [2.05, 4.69) is 9.72 Å². The molecule has 4 aromatic rings. The predicted octanol–water partition coefficient (Wildman–Crippen LogP) is 6.32. The van der Waals surface area contributed by atoms with Crippen molar-refractivity contribution in [3.63, 3.8) is 0 Å². The number of ether oxygens (including phenoxy) is 3. The molecule has 1 heterocycles. The van der Waals surface area contributed by atoms with Crippen LogP contribution >= 0.6 is 0 Å². The number of rotatable bonds is 10. The van der Waals surface area contributed by atoms with Crippen LogP contribution in [0.4, 0.5) is 18.9 Å². The van der Waals surface area contributed by atoms with Crippen LogP contribution in [0.25, 0.3) is 22.6 Å². The number of carboxylic acids is 1. The smallest absolute Gasteiger partial charge is 0.484 e. The Morgan fingerprint density at radius 3 is 2.18 bits per heavy atom. The van der Waals surface area contributed by atoms with E-state index in [9.17, 15) is 18.0 Å². The number of halogens is 3. The summed E-state index contributed by atoms with van der Waals surface area (Å²) in [7, 11) is 3.84. The number of carboxylic acid groups (broad SMARTS) is 1. The van der Waals surface area contributed by atoms with Crippen LogP contribution in [0.15, 0.2) is 71.1 Å². The van der Waals surface area contributed by atoms with Crippen LogP contribution in [0.1, 0.15) is 11.5 Å². The van der Waals surface area contributed by atoms with Gasteiger partial charge in [0, 0.05) is 30.9 Å². The van der Waals surface area contributed by atoms with Gasteiger partial charge in [-0.2, -0.15) is 0 Å². The standard InChI is InChI=1S/C28H25F3N2O6/c1-17-14-22(12-13-23(17)37-16-25(34)35)36-15-24-32-26(18-4-8-20(9-5-18)33(2)3)27(38-24)19-6-10-21(11-7-19)39-28(29,30)31/h4-14H,15-16H2,1-3H3,(H,34,35). The Morgan fingerprint density at radius 1 is 0.949 bits per heavy atom. The zero-order chi connectivity index (χ0) is 28.2. The van der Waals surface area contributed by atoms with Crippen LogP contribution in [-0.4, -0.2) is 43.1 Å². The molecule has 0 bridgehead atoms. The van der Waals surface area contributed by atoms with Gasteiger partial charge in [0.2, 0.25) is 5.89 Å². The maximum absolute atomic E-state index is 12.6. The molecule has 0 radical (unpaired) electrons. The van der Waals surface area contributed by atoms with Crippen molar-refractivity contribution in [3.8, 4) is 39.8 Å². The quantitative estimate of drug-likeness (QED) is 0.249. The number of oxazole rings is 1. The summed E-state index contributed by atoms with van der Waals surface area (Å²) in [5.74, 6) is 0.0843. The van der Waals surface area contributed by atoms with Gasteiger partial charge in [0.25, 0.3) is 0 Å². The van der Waals surface area contributed by atoms with Gasteiger partial charge in [0.1, 0.15) is 22.9 Å². The van der Waals surface area contributed by atoms with Crippen molar-refractivity contribution >= 4 is 11.7 Å². The minimum atomic E-state index is -4.80. The molecule has 39 heavy (non-hydrogen) atoms. The van der Waals surface area contributed by atoms with Crippen LogP contribution in [0.5, 0.6) is 17.2 Å². The summed E-state index contributed by atoms with van der Waals surface area (Å²) in [6.07, 6.45) is -4.80. The van der Waals surface area contributed by atoms with Crippen LogP contribution in [-0.2, 0) is 11.4 Å². The lowest BCUT2D eigenvalue weighted by atomic mass is 10.1. The average Bonchev–Trinajstić information content (AvgIpc) is 3.30. The van der Waals surface area contributed by atoms with Crippen molar-refractivity contribution in [1.29, 1.82) is 0 Å². The maximum atomic E-state index is 12.6. The molecule has 11 heteroatoms. The number of hydrogen-bond acceptors (Lipinski definition) is 7. The highest BCUT2D eigenvalue weighted by Gasteiger charge is 2.31. The zero-order valence-electron chi connectivity index (χ0n) is 21.3. The van der Waals surface area contributed by atoms with Gasteiger partial charge in [0.05, 0.1) is 0 Å². The molecule has 1 N–H and O–H groups in total. The van der Waals surface area contributed by atoms with Gasteiger partial charge in [-0.3, -0.25) is 0 Å². The normalized spacial score (nSPS) is 11.2. The second-order valence-corrected chi connectivity index (χ2v) is 8.70. The molecular formula is C28H25F3N2O6. The highest BCUT2D eigenvalue weighted by Crippen LogP contribution is 2.35. The van der Waals surface area contributed by atoms with Gasteiger partial charge in [-0.1, -0.05) is 12.1 Å². The zero-order valence-corrected chi connectivity index (χ0v) is 21.3. The van der Waals surface area contributed by atoms with Crippen molar-refractivity contribution < 1.29 is 41.7 Å². The molecule has 0 aliphatic rings. The largest absolute Gasteiger partial charge is 0.573 e. The van der Waals surface area contributed by atoms with Crippen molar-refractivity contribution in [1.82, 2.24) is 4.98 Å². The first-order chi connectivity index (χ1) is 18.5. The topological polar surface area (TPSA) is 94.3 Å². The molecule has 4 rings (SSSR count). The molecule has 0 unspecified atom stereocenters. The molecule has 0 amide bonds. The van der Waals surface area contributed by atoms with E-state index in [1.807, 2.05) is 43.3 Å². The number of nitrogens with zero attached hydrogens (tertiary/aromatic N) is 2. The fourth-order valence-corrected chi connectivity index (χ4v) is 3.70. The molecule has 0 spiro atoms. The Kier molecular flexibility index (Phi) is 7.99. The Labute approximate surface area is 222 Å².